The summed E-state index contributed by atoms with van der Waals surface area (Å²) >= 11 is 0. The molecule has 8 nitrogen and oxygen atoms in total. The number of rotatable bonds is 12. The monoisotopic (exact) mass is 483 g/mol. The molecule has 190 valence electrons. The van der Waals surface area contributed by atoms with Gasteiger partial charge in [-0.2, -0.15) is 5.26 Å². The van der Waals surface area contributed by atoms with Gasteiger partial charge in [-0.1, -0.05) is 0 Å². The molecule has 0 spiro atoms. The second-order valence-corrected chi connectivity index (χ2v) is 11.4. The van der Waals surface area contributed by atoms with Gasteiger partial charge in [0.1, 0.15) is 0 Å². The number of carbonyl (C=O) groups is 1. The molecular weight excluding hydrogens is 437 g/mol. The Hall–Kier alpha value is -0.810. The Bertz CT molecular complexity index is 604. The van der Waals surface area contributed by atoms with Gasteiger partial charge in [0.15, 0.2) is 0 Å². The highest BCUT2D eigenvalue weighted by Gasteiger charge is 2.31. The zero-order valence-corrected chi connectivity index (χ0v) is 22.6. The van der Waals surface area contributed by atoms with E-state index >= 15 is 0 Å². The number of nitrogens with zero attached hydrogens (tertiary/aromatic N) is 5. The molecule has 0 aromatic rings. The van der Waals surface area contributed by atoms with Crippen LogP contribution >= 0.6 is 8.53 Å². The molecule has 0 aliphatic carbocycles. The van der Waals surface area contributed by atoms with E-state index in [2.05, 4.69) is 67.0 Å². The van der Waals surface area contributed by atoms with Gasteiger partial charge in [0.25, 0.3) is 8.53 Å². The second kappa shape index (κ2) is 14.6. The van der Waals surface area contributed by atoms with Crippen LogP contribution in [0, 0.1) is 17.2 Å². The molecule has 2 aliphatic heterocycles. The van der Waals surface area contributed by atoms with E-state index in [4.69, 9.17) is 14.3 Å². The van der Waals surface area contributed by atoms with Crippen LogP contribution in [0.1, 0.15) is 60.8 Å². The molecule has 33 heavy (non-hydrogen) atoms. The van der Waals surface area contributed by atoms with Gasteiger partial charge in [0, 0.05) is 56.8 Å². The maximum atomic E-state index is 13.0. The first-order valence-corrected chi connectivity index (χ1v) is 13.8. The summed E-state index contributed by atoms with van der Waals surface area (Å²) < 4.78 is 14.4. The van der Waals surface area contributed by atoms with Gasteiger partial charge in [-0.15, -0.1) is 0 Å². The molecule has 2 heterocycles. The van der Waals surface area contributed by atoms with Crippen molar-refractivity contribution < 1.29 is 13.8 Å². The van der Waals surface area contributed by atoms with Crippen LogP contribution in [0.15, 0.2) is 0 Å². The normalized spacial score (nSPS) is 20.2. The number of piperidine rings is 1. The Morgan fingerprint density at radius 2 is 1.55 bits per heavy atom. The first-order valence-electron chi connectivity index (χ1n) is 12.7. The maximum Gasteiger partial charge on any atom is 0.259 e. The van der Waals surface area contributed by atoms with Crippen molar-refractivity contribution in [2.45, 2.75) is 78.9 Å². The molecule has 9 heteroatoms. The number of hydrogen-bond donors (Lipinski definition) is 0. The van der Waals surface area contributed by atoms with Crippen molar-refractivity contribution in [2.24, 2.45) is 5.92 Å². The zero-order valence-electron chi connectivity index (χ0n) is 21.7. The molecule has 1 amide bonds. The lowest BCUT2D eigenvalue weighted by atomic mass is 9.95. The van der Waals surface area contributed by atoms with Gasteiger partial charge in [-0.05, 0) is 67.5 Å². The van der Waals surface area contributed by atoms with Gasteiger partial charge in [-0.25, -0.2) is 4.67 Å². The van der Waals surface area contributed by atoms with Crippen LogP contribution in [0.25, 0.3) is 0 Å². The van der Waals surface area contributed by atoms with Gasteiger partial charge in [0.2, 0.25) is 5.91 Å². The molecule has 0 N–H and O–H groups in total. The van der Waals surface area contributed by atoms with Crippen LogP contribution in [0.4, 0.5) is 0 Å². The van der Waals surface area contributed by atoms with Crippen molar-refractivity contribution >= 4 is 14.4 Å². The highest BCUT2D eigenvalue weighted by atomic mass is 31.2. The molecule has 0 aromatic carbocycles. The summed E-state index contributed by atoms with van der Waals surface area (Å²) in [5.41, 5.74) is 0. The molecule has 1 atom stereocenters. The van der Waals surface area contributed by atoms with E-state index in [0.717, 1.165) is 58.7 Å². The fraction of sp³-hybridized carbons (Fsp3) is 0.917. The largest absolute Gasteiger partial charge is 0.340 e. The van der Waals surface area contributed by atoms with Crippen LogP contribution in [-0.2, 0) is 13.8 Å². The predicted octanol–water partition coefficient (Wildman–Crippen LogP) is 3.54. The zero-order chi connectivity index (χ0) is 24.4. The second-order valence-electron chi connectivity index (χ2n) is 9.95. The van der Waals surface area contributed by atoms with Crippen LogP contribution < -0.4 is 0 Å². The quantitative estimate of drug-likeness (QED) is 0.311. The topological polar surface area (TPSA) is 72.3 Å². The summed E-state index contributed by atoms with van der Waals surface area (Å²) in [6, 6.07) is 3.31. The number of amides is 1. The third kappa shape index (κ3) is 9.05. The smallest absolute Gasteiger partial charge is 0.259 e. The number of hydrogen-bond acceptors (Lipinski definition) is 7. The minimum Gasteiger partial charge on any atom is -0.340 e. The Morgan fingerprint density at radius 3 is 2.06 bits per heavy atom. The van der Waals surface area contributed by atoms with Gasteiger partial charge < -0.3 is 18.8 Å². The molecule has 0 radical (unpaired) electrons. The lowest BCUT2D eigenvalue weighted by molar-refractivity contribution is -0.139. The van der Waals surface area contributed by atoms with Crippen molar-refractivity contribution in [1.82, 2.24) is 19.4 Å². The van der Waals surface area contributed by atoms with Crippen LogP contribution in [0.3, 0.4) is 0 Å². The van der Waals surface area contributed by atoms with Crippen LogP contribution in [0.5, 0.6) is 0 Å². The van der Waals surface area contributed by atoms with E-state index in [1.807, 2.05) is 0 Å². The molecule has 0 bridgehead atoms. The molecule has 0 aromatic heterocycles. The van der Waals surface area contributed by atoms with Gasteiger partial charge >= 0.3 is 0 Å². The number of piperazine rings is 1. The number of carbonyl (C=O) groups excluding carboxylic acids is 1. The standard InChI is InChI=1S/C24H46N5O3P/c1-20(2)27-13-15-28(16-14-27)24(30)23-8-11-26(12-9-23)17-19-32-33(31-18-7-10-25)29(21(3)4)22(5)6/h20-23H,7-9,11-19H2,1-6H3. The first-order chi connectivity index (χ1) is 15.7. The Morgan fingerprint density at radius 1 is 0.970 bits per heavy atom. The highest BCUT2D eigenvalue weighted by molar-refractivity contribution is 7.44. The fourth-order valence-corrected chi connectivity index (χ4v) is 6.26. The van der Waals surface area contributed by atoms with E-state index in [1.165, 1.54) is 0 Å². The minimum absolute atomic E-state index is 0.164. The first kappa shape index (κ1) is 28.4. The van der Waals surface area contributed by atoms with E-state index < -0.39 is 8.53 Å². The average molecular weight is 484 g/mol. The SMILES string of the molecule is CC(C)N1CCN(C(=O)C2CCN(CCOP(OCCC#N)N(C(C)C)C(C)C)CC2)CC1. The average Bonchev–Trinajstić information content (AvgIpc) is 2.78. The summed E-state index contributed by atoms with van der Waals surface area (Å²) in [4.78, 5) is 19.9. The van der Waals surface area contributed by atoms with Crippen LogP contribution in [0.2, 0.25) is 0 Å². The number of nitriles is 1. The summed E-state index contributed by atoms with van der Waals surface area (Å²) in [7, 11) is -1.19. The summed E-state index contributed by atoms with van der Waals surface area (Å²) in [5, 5.41) is 8.85. The molecular formula is C24H46N5O3P. The third-order valence-electron chi connectivity index (χ3n) is 6.56. The van der Waals surface area contributed by atoms with E-state index in [-0.39, 0.29) is 5.92 Å². The molecule has 2 fully saturated rings. The number of likely N-dealkylation sites (tertiary alicyclic amines) is 1. The van der Waals surface area contributed by atoms with Crippen molar-refractivity contribution in [3.05, 3.63) is 0 Å². The predicted molar refractivity (Wildman–Crippen MR) is 134 cm³/mol. The lowest BCUT2D eigenvalue weighted by Gasteiger charge is -2.40. The highest BCUT2D eigenvalue weighted by Crippen LogP contribution is 2.45. The Labute approximate surface area is 203 Å². The van der Waals surface area contributed by atoms with E-state index in [0.29, 0.717) is 43.7 Å². The summed E-state index contributed by atoms with van der Waals surface area (Å²) in [6.45, 7) is 20.5. The van der Waals surface area contributed by atoms with Gasteiger partial charge in [0.05, 0.1) is 25.7 Å². The van der Waals surface area contributed by atoms with Gasteiger partial charge in [-0.3, -0.25) is 9.69 Å². The fourth-order valence-electron chi connectivity index (χ4n) is 4.68. The summed E-state index contributed by atoms with van der Waals surface area (Å²) in [5.74, 6) is 0.518. The molecule has 1 unspecified atom stereocenters. The third-order valence-corrected chi connectivity index (χ3v) is 8.67. The molecule has 0 saturated carbocycles. The van der Waals surface area contributed by atoms with Crippen LogP contribution in [-0.4, -0.2) is 102 Å². The summed E-state index contributed by atoms with van der Waals surface area (Å²) in [6.07, 6.45) is 2.24. The van der Waals surface area contributed by atoms with Crippen molar-refractivity contribution in [3.63, 3.8) is 0 Å². The molecule has 2 saturated heterocycles. The van der Waals surface area contributed by atoms with Crippen molar-refractivity contribution in [1.29, 1.82) is 5.26 Å². The Kier molecular flexibility index (Phi) is 12.5. The lowest BCUT2D eigenvalue weighted by Crippen LogP contribution is -2.53. The van der Waals surface area contributed by atoms with E-state index in [9.17, 15) is 4.79 Å². The maximum absolute atomic E-state index is 13.0. The van der Waals surface area contributed by atoms with Crippen molar-refractivity contribution in [2.75, 3.05) is 59.0 Å². The van der Waals surface area contributed by atoms with Crippen molar-refractivity contribution in [3.8, 4) is 6.07 Å². The minimum atomic E-state index is -1.19. The molecule has 2 rings (SSSR count). The molecule has 2 aliphatic rings. The Balaban J connectivity index is 1.75. The van der Waals surface area contributed by atoms with E-state index in [1.54, 1.807) is 0 Å².